The molecule has 0 aliphatic carbocycles. The number of H-pyrrole nitrogens is 1. The lowest BCUT2D eigenvalue weighted by Crippen LogP contribution is -2.34. The minimum absolute atomic E-state index is 0.0852. The van der Waals surface area contributed by atoms with Gasteiger partial charge >= 0.3 is 0 Å². The maximum absolute atomic E-state index is 13.5. The molecule has 5 aromatic rings. The highest BCUT2D eigenvalue weighted by Crippen LogP contribution is 2.19. The summed E-state index contributed by atoms with van der Waals surface area (Å²) in [6.45, 7) is 2.20. The molecule has 0 aliphatic heterocycles. The Hall–Kier alpha value is -4.52. The molecule has 7 heteroatoms. The highest BCUT2D eigenvalue weighted by Gasteiger charge is 2.15. The molecule has 2 aromatic carbocycles. The molecule has 5 rings (SSSR count). The fourth-order valence-corrected chi connectivity index (χ4v) is 4.54. The van der Waals surface area contributed by atoms with Gasteiger partial charge in [0.05, 0.1) is 18.4 Å². The number of pyridine rings is 1. The van der Waals surface area contributed by atoms with Crippen LogP contribution in [0.3, 0.4) is 0 Å². The monoisotopic (exact) mass is 491 g/mol. The quantitative estimate of drug-likeness (QED) is 0.316. The molecule has 3 heterocycles. The van der Waals surface area contributed by atoms with Crippen LogP contribution in [0.25, 0.3) is 22.2 Å². The molecule has 1 amide bonds. The number of hydrogen-bond acceptors (Lipinski definition) is 4. The van der Waals surface area contributed by atoms with Gasteiger partial charge in [-0.1, -0.05) is 60.7 Å². The molecule has 0 atom stereocenters. The average Bonchev–Trinajstić information content (AvgIpc) is 3.35. The molecule has 0 fully saturated rings. The van der Waals surface area contributed by atoms with Gasteiger partial charge in [0.15, 0.2) is 0 Å². The molecule has 0 unspecified atom stereocenters. The van der Waals surface area contributed by atoms with Crippen LogP contribution < -0.4 is 10.9 Å². The lowest BCUT2D eigenvalue weighted by atomic mass is 10.1. The first-order valence-electron chi connectivity index (χ1n) is 12.5. The Kier molecular flexibility index (Phi) is 7.21. The summed E-state index contributed by atoms with van der Waals surface area (Å²) in [5.41, 5.74) is 5.74. The molecular weight excluding hydrogens is 462 g/mol. The number of nitrogens with zero attached hydrogens (tertiary/aromatic N) is 3. The van der Waals surface area contributed by atoms with Gasteiger partial charge in [-0.25, -0.2) is 0 Å². The van der Waals surface area contributed by atoms with Crippen molar-refractivity contribution in [2.45, 2.75) is 39.3 Å². The van der Waals surface area contributed by atoms with Crippen molar-refractivity contribution in [3.63, 3.8) is 0 Å². The van der Waals surface area contributed by atoms with Crippen LogP contribution in [0.4, 0.5) is 0 Å². The SMILES string of the molecule is Cc1nccc2[nH]c(CNC(=O)Cn3c(-c4ccccc4)cnc(CCCc4ccccc4)c3=O)cc12. The van der Waals surface area contributed by atoms with Crippen molar-refractivity contribution < 1.29 is 4.79 Å². The Morgan fingerprint density at radius 3 is 2.49 bits per heavy atom. The van der Waals surface area contributed by atoms with Crippen LogP contribution in [0.15, 0.2) is 90.0 Å². The summed E-state index contributed by atoms with van der Waals surface area (Å²) in [5, 5.41) is 3.98. The number of carbonyl (C=O) groups excluding carboxylic acids is 1. The third-order valence-corrected chi connectivity index (χ3v) is 6.50. The van der Waals surface area contributed by atoms with Crippen molar-refractivity contribution in [2.24, 2.45) is 0 Å². The number of nitrogens with one attached hydrogen (secondary N) is 2. The number of aromatic nitrogens is 4. The summed E-state index contributed by atoms with van der Waals surface area (Å²) in [6.07, 6.45) is 5.68. The number of hydrogen-bond donors (Lipinski definition) is 2. The zero-order valence-electron chi connectivity index (χ0n) is 20.8. The normalized spacial score (nSPS) is 11.1. The van der Waals surface area contributed by atoms with Crippen LogP contribution in [0.1, 0.15) is 29.1 Å². The Labute approximate surface area is 215 Å². The maximum Gasteiger partial charge on any atom is 0.273 e. The zero-order chi connectivity index (χ0) is 25.6. The van der Waals surface area contributed by atoms with Crippen molar-refractivity contribution in [3.05, 3.63) is 118 Å². The number of rotatable bonds is 9. The molecule has 0 aliphatic rings. The van der Waals surface area contributed by atoms with Gasteiger partial charge in [0.25, 0.3) is 5.56 Å². The second-order valence-corrected chi connectivity index (χ2v) is 9.12. The minimum Gasteiger partial charge on any atom is -0.357 e. The van der Waals surface area contributed by atoms with E-state index in [2.05, 4.69) is 32.4 Å². The van der Waals surface area contributed by atoms with E-state index in [-0.39, 0.29) is 18.0 Å². The fourth-order valence-electron chi connectivity index (χ4n) is 4.54. The zero-order valence-corrected chi connectivity index (χ0v) is 20.8. The van der Waals surface area contributed by atoms with E-state index in [1.54, 1.807) is 12.4 Å². The standard InChI is InChI=1S/C30H29N5O2/c1-21-25-17-24(34-26(25)15-16-31-21)18-33-29(36)20-35-28(23-12-6-3-7-13-23)19-32-27(30(35)37)14-8-11-22-9-4-2-5-10-22/h2-7,9-10,12-13,15-17,19,34H,8,11,14,18,20H2,1H3,(H,33,36). The number of benzene rings is 2. The molecule has 37 heavy (non-hydrogen) atoms. The van der Waals surface area contributed by atoms with Crippen molar-refractivity contribution in [2.75, 3.05) is 0 Å². The number of carbonyl (C=O) groups is 1. The lowest BCUT2D eigenvalue weighted by Gasteiger charge is -2.14. The van der Waals surface area contributed by atoms with Gasteiger partial charge in [-0.2, -0.15) is 0 Å². The van der Waals surface area contributed by atoms with Gasteiger partial charge in [0.2, 0.25) is 5.91 Å². The molecule has 0 bridgehead atoms. The second-order valence-electron chi connectivity index (χ2n) is 9.12. The van der Waals surface area contributed by atoms with Crippen molar-refractivity contribution in [1.29, 1.82) is 0 Å². The molecule has 0 radical (unpaired) electrons. The van der Waals surface area contributed by atoms with Crippen LogP contribution >= 0.6 is 0 Å². The van der Waals surface area contributed by atoms with E-state index in [0.717, 1.165) is 40.7 Å². The molecule has 2 N–H and O–H groups in total. The van der Waals surface area contributed by atoms with Crippen LogP contribution in [-0.2, 0) is 30.7 Å². The van der Waals surface area contributed by atoms with E-state index in [0.29, 0.717) is 24.4 Å². The van der Waals surface area contributed by atoms with Crippen LogP contribution in [0.2, 0.25) is 0 Å². The molecular formula is C30H29N5O2. The summed E-state index contributed by atoms with van der Waals surface area (Å²) in [6, 6.07) is 23.7. The van der Waals surface area contributed by atoms with Gasteiger partial charge in [0, 0.05) is 28.5 Å². The molecule has 0 saturated heterocycles. The Balaban J connectivity index is 1.34. The van der Waals surface area contributed by atoms with Gasteiger partial charge < -0.3 is 10.3 Å². The maximum atomic E-state index is 13.5. The summed E-state index contributed by atoms with van der Waals surface area (Å²) < 4.78 is 1.54. The Bertz CT molecular complexity index is 1570. The van der Waals surface area contributed by atoms with E-state index in [4.69, 9.17) is 0 Å². The molecule has 7 nitrogen and oxygen atoms in total. The third kappa shape index (κ3) is 5.67. The number of amides is 1. The van der Waals surface area contributed by atoms with Gasteiger partial charge in [0.1, 0.15) is 12.2 Å². The van der Waals surface area contributed by atoms with Gasteiger partial charge in [-0.05, 0) is 49.4 Å². The second kappa shape index (κ2) is 11.0. The highest BCUT2D eigenvalue weighted by molar-refractivity contribution is 5.82. The van der Waals surface area contributed by atoms with E-state index < -0.39 is 0 Å². The highest BCUT2D eigenvalue weighted by atomic mass is 16.2. The van der Waals surface area contributed by atoms with Crippen LogP contribution in [0, 0.1) is 6.92 Å². The minimum atomic E-state index is -0.241. The number of aromatic amines is 1. The predicted molar refractivity (Wildman–Crippen MR) is 145 cm³/mol. The summed E-state index contributed by atoms with van der Waals surface area (Å²) >= 11 is 0. The topological polar surface area (TPSA) is 92.7 Å². The third-order valence-electron chi connectivity index (χ3n) is 6.50. The van der Waals surface area contributed by atoms with Gasteiger partial charge in [-0.3, -0.25) is 24.1 Å². The molecule has 0 saturated carbocycles. The summed E-state index contributed by atoms with van der Waals surface area (Å²) in [4.78, 5) is 38.6. The number of aryl methyl sites for hydroxylation is 3. The van der Waals surface area contributed by atoms with Crippen molar-refractivity contribution in [3.8, 4) is 11.3 Å². The van der Waals surface area contributed by atoms with Crippen molar-refractivity contribution >= 4 is 16.8 Å². The largest absolute Gasteiger partial charge is 0.357 e. The van der Waals surface area contributed by atoms with E-state index in [9.17, 15) is 9.59 Å². The first-order valence-corrected chi connectivity index (χ1v) is 12.5. The van der Waals surface area contributed by atoms with E-state index >= 15 is 0 Å². The molecule has 0 spiro atoms. The Morgan fingerprint density at radius 2 is 1.73 bits per heavy atom. The average molecular weight is 492 g/mol. The molecule has 186 valence electrons. The molecule has 3 aromatic heterocycles. The smallest absolute Gasteiger partial charge is 0.273 e. The van der Waals surface area contributed by atoms with Crippen molar-refractivity contribution in [1.82, 2.24) is 24.8 Å². The van der Waals surface area contributed by atoms with E-state index in [1.165, 1.54) is 10.1 Å². The van der Waals surface area contributed by atoms with Crippen LogP contribution in [0.5, 0.6) is 0 Å². The van der Waals surface area contributed by atoms with E-state index in [1.807, 2.05) is 67.6 Å². The number of fused-ring (bicyclic) bond motifs is 1. The Morgan fingerprint density at radius 1 is 0.973 bits per heavy atom. The van der Waals surface area contributed by atoms with Gasteiger partial charge in [-0.15, -0.1) is 0 Å². The first-order chi connectivity index (χ1) is 18.1. The van der Waals surface area contributed by atoms with Crippen LogP contribution in [-0.4, -0.2) is 25.4 Å². The predicted octanol–water partition coefficient (Wildman–Crippen LogP) is 4.59. The summed E-state index contributed by atoms with van der Waals surface area (Å²) in [5.74, 6) is -0.241. The fraction of sp³-hybridized carbons (Fsp3) is 0.200. The summed E-state index contributed by atoms with van der Waals surface area (Å²) in [7, 11) is 0. The first kappa shape index (κ1) is 24.2. The lowest BCUT2D eigenvalue weighted by molar-refractivity contribution is -0.121.